The van der Waals surface area contributed by atoms with Crippen LogP contribution in [-0.4, -0.2) is 12.6 Å². The highest BCUT2D eigenvalue weighted by Gasteiger charge is 2.29. The van der Waals surface area contributed by atoms with Crippen molar-refractivity contribution >= 4 is 0 Å². The summed E-state index contributed by atoms with van der Waals surface area (Å²) >= 11 is 0. The molecule has 2 N–H and O–H groups in total. The van der Waals surface area contributed by atoms with Crippen LogP contribution in [0, 0.1) is 11.8 Å². The van der Waals surface area contributed by atoms with Gasteiger partial charge in [0.05, 0.1) is 7.11 Å². The van der Waals surface area contributed by atoms with E-state index in [9.17, 15) is 0 Å². The fourth-order valence-electron chi connectivity index (χ4n) is 3.56. The van der Waals surface area contributed by atoms with Crippen LogP contribution in [0.25, 0.3) is 0 Å². The van der Waals surface area contributed by atoms with Crippen molar-refractivity contribution in [3.05, 3.63) is 29.8 Å². The fraction of sp³-hybridized carbons (Fsp3) is 0.684. The molecule has 2 nitrogen and oxygen atoms in total. The second-order valence-corrected chi connectivity index (χ2v) is 7.15. The van der Waals surface area contributed by atoms with Gasteiger partial charge < -0.3 is 10.5 Å². The maximum absolute atomic E-state index is 6.70. The lowest BCUT2D eigenvalue weighted by Gasteiger charge is -2.28. The summed E-state index contributed by atoms with van der Waals surface area (Å²) in [5, 5.41) is 0. The minimum absolute atomic E-state index is 0.0452. The van der Waals surface area contributed by atoms with Crippen LogP contribution in [0.2, 0.25) is 0 Å². The third-order valence-electron chi connectivity index (χ3n) is 5.28. The molecule has 1 aliphatic carbocycles. The van der Waals surface area contributed by atoms with Crippen LogP contribution in [0.5, 0.6) is 5.75 Å². The number of rotatable bonds is 5. The standard InChI is InChI=1S/C19H31NO/c1-15(2)17-5-4-12-19(20,14-11-17)13-10-16-6-8-18(21-3)9-7-16/h6-9,15,17H,4-5,10-14,20H2,1-3H3. The minimum Gasteiger partial charge on any atom is -0.497 e. The van der Waals surface area contributed by atoms with Crippen LogP contribution in [0.1, 0.15) is 57.9 Å². The number of hydrogen-bond donors (Lipinski definition) is 1. The van der Waals surface area contributed by atoms with Gasteiger partial charge in [0, 0.05) is 5.54 Å². The monoisotopic (exact) mass is 289 g/mol. The van der Waals surface area contributed by atoms with Crippen LogP contribution in [0.4, 0.5) is 0 Å². The summed E-state index contributed by atoms with van der Waals surface area (Å²) in [4.78, 5) is 0. The lowest BCUT2D eigenvalue weighted by atomic mass is 9.84. The maximum atomic E-state index is 6.70. The largest absolute Gasteiger partial charge is 0.497 e. The Bertz CT molecular complexity index is 426. The van der Waals surface area contributed by atoms with Gasteiger partial charge in [-0.25, -0.2) is 0 Å². The fourth-order valence-corrected chi connectivity index (χ4v) is 3.56. The Morgan fingerprint density at radius 1 is 1.19 bits per heavy atom. The third-order valence-corrected chi connectivity index (χ3v) is 5.28. The zero-order valence-electron chi connectivity index (χ0n) is 13.9. The van der Waals surface area contributed by atoms with Crippen molar-refractivity contribution in [3.63, 3.8) is 0 Å². The lowest BCUT2D eigenvalue weighted by Crippen LogP contribution is -2.39. The average Bonchev–Trinajstić information content (AvgIpc) is 2.68. The number of benzene rings is 1. The maximum Gasteiger partial charge on any atom is 0.118 e. The van der Waals surface area contributed by atoms with Crippen molar-refractivity contribution in [2.24, 2.45) is 17.6 Å². The van der Waals surface area contributed by atoms with E-state index in [1.807, 2.05) is 12.1 Å². The minimum atomic E-state index is 0.0452. The molecular formula is C19H31NO. The summed E-state index contributed by atoms with van der Waals surface area (Å²) in [6, 6.07) is 8.41. The first-order chi connectivity index (χ1) is 10.0. The lowest BCUT2D eigenvalue weighted by molar-refractivity contribution is 0.313. The molecule has 0 aromatic heterocycles. The van der Waals surface area contributed by atoms with E-state index < -0.39 is 0 Å². The molecule has 0 aliphatic heterocycles. The third kappa shape index (κ3) is 4.74. The molecule has 0 amide bonds. The first-order valence-electron chi connectivity index (χ1n) is 8.44. The quantitative estimate of drug-likeness (QED) is 0.806. The molecule has 0 heterocycles. The summed E-state index contributed by atoms with van der Waals surface area (Å²) in [6.45, 7) is 4.71. The molecule has 1 aromatic rings. The van der Waals surface area contributed by atoms with E-state index in [1.165, 1.54) is 37.7 Å². The van der Waals surface area contributed by atoms with Crippen LogP contribution >= 0.6 is 0 Å². The van der Waals surface area contributed by atoms with Gasteiger partial charge in [0.25, 0.3) is 0 Å². The molecule has 0 saturated heterocycles. The first-order valence-corrected chi connectivity index (χ1v) is 8.44. The van der Waals surface area contributed by atoms with Gasteiger partial charge in [-0.3, -0.25) is 0 Å². The van der Waals surface area contributed by atoms with Gasteiger partial charge >= 0.3 is 0 Å². The molecule has 0 spiro atoms. The molecule has 0 bridgehead atoms. The molecule has 21 heavy (non-hydrogen) atoms. The number of methoxy groups -OCH3 is 1. The summed E-state index contributed by atoms with van der Waals surface area (Å²) in [6.07, 6.45) is 8.51. The van der Waals surface area contributed by atoms with Crippen molar-refractivity contribution in [1.82, 2.24) is 0 Å². The Kier molecular flexibility index (Phi) is 5.69. The van der Waals surface area contributed by atoms with Gasteiger partial charge in [0.2, 0.25) is 0 Å². The number of aryl methyl sites for hydroxylation is 1. The van der Waals surface area contributed by atoms with Gasteiger partial charge in [-0.1, -0.05) is 38.8 Å². The predicted molar refractivity (Wildman–Crippen MR) is 89.6 cm³/mol. The second kappa shape index (κ2) is 7.31. The van der Waals surface area contributed by atoms with Gasteiger partial charge in [0.1, 0.15) is 5.75 Å². The molecule has 2 unspecified atom stereocenters. The molecule has 2 atom stereocenters. The van der Waals surface area contributed by atoms with E-state index in [1.54, 1.807) is 7.11 Å². The molecule has 1 saturated carbocycles. The van der Waals surface area contributed by atoms with E-state index >= 15 is 0 Å². The summed E-state index contributed by atoms with van der Waals surface area (Å²) < 4.78 is 5.21. The predicted octanol–water partition coefficient (Wildman–Crippen LogP) is 4.56. The first kappa shape index (κ1) is 16.4. The molecule has 0 radical (unpaired) electrons. The molecule has 2 heteroatoms. The molecule has 1 aromatic carbocycles. The summed E-state index contributed by atoms with van der Waals surface area (Å²) in [5.41, 5.74) is 8.11. The van der Waals surface area contributed by atoms with E-state index in [0.29, 0.717) is 0 Å². The highest BCUT2D eigenvalue weighted by molar-refractivity contribution is 5.27. The topological polar surface area (TPSA) is 35.2 Å². The smallest absolute Gasteiger partial charge is 0.118 e. The van der Waals surface area contributed by atoms with Crippen LogP contribution in [0.15, 0.2) is 24.3 Å². The van der Waals surface area contributed by atoms with Crippen molar-refractivity contribution in [3.8, 4) is 5.75 Å². The Balaban J connectivity index is 1.88. The Hall–Kier alpha value is -1.02. The molecule has 2 rings (SSSR count). The van der Waals surface area contributed by atoms with E-state index in [2.05, 4.69) is 26.0 Å². The summed E-state index contributed by atoms with van der Waals surface area (Å²) in [5.74, 6) is 2.60. The van der Waals surface area contributed by atoms with Crippen LogP contribution in [-0.2, 0) is 6.42 Å². The Morgan fingerprint density at radius 2 is 1.90 bits per heavy atom. The van der Waals surface area contributed by atoms with Crippen molar-refractivity contribution in [2.75, 3.05) is 7.11 Å². The number of ether oxygens (including phenoxy) is 1. The van der Waals surface area contributed by atoms with Crippen LogP contribution in [0.3, 0.4) is 0 Å². The van der Waals surface area contributed by atoms with Gasteiger partial charge in [-0.05, 0) is 61.6 Å². The zero-order chi connectivity index (χ0) is 15.3. The van der Waals surface area contributed by atoms with E-state index in [0.717, 1.165) is 30.4 Å². The Morgan fingerprint density at radius 3 is 2.52 bits per heavy atom. The molecule has 1 aliphatic rings. The highest BCUT2D eigenvalue weighted by atomic mass is 16.5. The molecule has 118 valence electrons. The van der Waals surface area contributed by atoms with Crippen molar-refractivity contribution in [1.29, 1.82) is 0 Å². The molecular weight excluding hydrogens is 258 g/mol. The van der Waals surface area contributed by atoms with Crippen molar-refractivity contribution in [2.45, 2.75) is 64.3 Å². The normalized spacial score (nSPS) is 26.6. The Labute approximate surface area is 130 Å². The molecule has 1 fully saturated rings. The van der Waals surface area contributed by atoms with E-state index in [-0.39, 0.29) is 5.54 Å². The highest BCUT2D eigenvalue weighted by Crippen LogP contribution is 2.35. The van der Waals surface area contributed by atoms with Crippen molar-refractivity contribution < 1.29 is 4.74 Å². The summed E-state index contributed by atoms with van der Waals surface area (Å²) in [7, 11) is 1.71. The van der Waals surface area contributed by atoms with Crippen LogP contribution < -0.4 is 10.5 Å². The van der Waals surface area contributed by atoms with Gasteiger partial charge in [-0.15, -0.1) is 0 Å². The van der Waals surface area contributed by atoms with Gasteiger partial charge in [-0.2, -0.15) is 0 Å². The average molecular weight is 289 g/mol. The van der Waals surface area contributed by atoms with E-state index in [4.69, 9.17) is 10.5 Å². The second-order valence-electron chi connectivity index (χ2n) is 7.15. The zero-order valence-corrected chi connectivity index (χ0v) is 13.9. The number of hydrogen-bond acceptors (Lipinski definition) is 2. The van der Waals surface area contributed by atoms with Gasteiger partial charge in [0.15, 0.2) is 0 Å². The SMILES string of the molecule is COc1ccc(CCC2(N)CCCC(C(C)C)CC2)cc1. The number of nitrogens with two attached hydrogens (primary N) is 1.